The SMILES string of the molecule is CCNC(=NCc1ccc(OC)c(O)c1)NCC(C)C.I. The van der Waals surface area contributed by atoms with Gasteiger partial charge in [0, 0.05) is 13.1 Å². The molecule has 0 heterocycles. The largest absolute Gasteiger partial charge is 0.504 e. The van der Waals surface area contributed by atoms with E-state index < -0.39 is 0 Å². The summed E-state index contributed by atoms with van der Waals surface area (Å²) < 4.78 is 5.02. The summed E-state index contributed by atoms with van der Waals surface area (Å²) in [5.74, 6) is 1.96. The molecule has 0 amide bonds. The number of halogens is 1. The fourth-order valence-corrected chi connectivity index (χ4v) is 1.65. The van der Waals surface area contributed by atoms with Crippen LogP contribution in [0, 0.1) is 5.92 Å². The lowest BCUT2D eigenvalue weighted by Crippen LogP contribution is -2.39. The first-order valence-corrected chi connectivity index (χ1v) is 6.94. The monoisotopic (exact) mass is 407 g/mol. The topological polar surface area (TPSA) is 65.9 Å². The number of ether oxygens (including phenoxy) is 1. The Morgan fingerprint density at radius 2 is 2.05 bits per heavy atom. The second kappa shape index (κ2) is 10.5. The van der Waals surface area contributed by atoms with Gasteiger partial charge in [0.25, 0.3) is 0 Å². The minimum atomic E-state index is 0. The molecule has 0 unspecified atom stereocenters. The maximum absolute atomic E-state index is 9.73. The first-order chi connectivity index (χ1) is 9.56. The molecule has 0 fully saturated rings. The molecule has 0 aliphatic carbocycles. The van der Waals surface area contributed by atoms with Gasteiger partial charge in [-0.25, -0.2) is 4.99 Å². The lowest BCUT2D eigenvalue weighted by molar-refractivity contribution is 0.373. The van der Waals surface area contributed by atoms with E-state index in [9.17, 15) is 5.11 Å². The van der Waals surface area contributed by atoms with Crippen LogP contribution < -0.4 is 15.4 Å². The van der Waals surface area contributed by atoms with E-state index in [-0.39, 0.29) is 29.7 Å². The van der Waals surface area contributed by atoms with Crippen molar-refractivity contribution < 1.29 is 9.84 Å². The van der Waals surface area contributed by atoms with Gasteiger partial charge in [-0.15, -0.1) is 24.0 Å². The van der Waals surface area contributed by atoms with Crippen LogP contribution in [0.5, 0.6) is 11.5 Å². The van der Waals surface area contributed by atoms with Gasteiger partial charge < -0.3 is 20.5 Å². The van der Waals surface area contributed by atoms with Crippen LogP contribution in [0.2, 0.25) is 0 Å². The Hall–Kier alpha value is -1.18. The molecule has 3 N–H and O–H groups in total. The second-order valence-corrected chi connectivity index (χ2v) is 4.98. The predicted octanol–water partition coefficient (Wildman–Crippen LogP) is 2.73. The average molecular weight is 407 g/mol. The zero-order valence-electron chi connectivity index (χ0n) is 13.1. The number of aromatic hydroxyl groups is 1. The number of nitrogens with zero attached hydrogens (tertiary/aromatic N) is 1. The van der Waals surface area contributed by atoms with E-state index in [1.807, 2.05) is 13.0 Å². The van der Waals surface area contributed by atoms with Gasteiger partial charge in [-0.05, 0) is 30.5 Å². The molecule has 1 aromatic rings. The summed E-state index contributed by atoms with van der Waals surface area (Å²) in [5.41, 5.74) is 0.935. The Balaban J connectivity index is 0.00000400. The van der Waals surface area contributed by atoms with Crippen LogP contribution in [-0.2, 0) is 6.54 Å². The molecule has 0 aliphatic heterocycles. The summed E-state index contributed by atoms with van der Waals surface area (Å²) in [6, 6.07) is 5.32. The molecular weight excluding hydrogens is 381 g/mol. The number of benzene rings is 1. The molecule has 0 bridgehead atoms. The van der Waals surface area contributed by atoms with Crippen LogP contribution >= 0.6 is 24.0 Å². The lowest BCUT2D eigenvalue weighted by Gasteiger charge is -2.13. The van der Waals surface area contributed by atoms with Gasteiger partial charge in [-0.3, -0.25) is 0 Å². The first kappa shape index (κ1) is 19.8. The Kier molecular flexibility index (Phi) is 9.94. The third-order valence-electron chi connectivity index (χ3n) is 2.68. The number of nitrogens with one attached hydrogen (secondary N) is 2. The summed E-state index contributed by atoms with van der Waals surface area (Å²) in [6.45, 7) is 8.53. The van der Waals surface area contributed by atoms with Gasteiger partial charge in [0.05, 0.1) is 13.7 Å². The highest BCUT2D eigenvalue weighted by Gasteiger charge is 2.03. The molecule has 0 aromatic heterocycles. The standard InChI is InChI=1S/C15H25N3O2.HI/c1-5-16-15(17-9-11(2)3)18-10-12-6-7-14(20-4)13(19)8-12;/h6-8,11,19H,5,9-10H2,1-4H3,(H2,16,17,18);1H. The van der Waals surface area contributed by atoms with Gasteiger partial charge in [0.2, 0.25) is 0 Å². The molecule has 6 heteroatoms. The number of aliphatic imine (C=N–C) groups is 1. The molecule has 21 heavy (non-hydrogen) atoms. The summed E-state index contributed by atoms with van der Waals surface area (Å²) >= 11 is 0. The summed E-state index contributed by atoms with van der Waals surface area (Å²) in [4.78, 5) is 4.49. The molecule has 0 saturated heterocycles. The van der Waals surface area contributed by atoms with Gasteiger partial charge in [0.15, 0.2) is 17.5 Å². The highest BCUT2D eigenvalue weighted by Crippen LogP contribution is 2.26. The van der Waals surface area contributed by atoms with E-state index in [4.69, 9.17) is 4.74 Å². The summed E-state index contributed by atoms with van der Waals surface area (Å²) in [5, 5.41) is 16.2. The average Bonchev–Trinajstić information content (AvgIpc) is 2.42. The number of guanidine groups is 1. The molecule has 0 spiro atoms. The van der Waals surface area contributed by atoms with Gasteiger partial charge in [-0.1, -0.05) is 19.9 Å². The van der Waals surface area contributed by atoms with Crippen LogP contribution in [0.25, 0.3) is 0 Å². The third kappa shape index (κ3) is 7.40. The molecule has 0 radical (unpaired) electrons. The summed E-state index contributed by atoms with van der Waals surface area (Å²) in [7, 11) is 1.53. The van der Waals surface area contributed by atoms with Crippen LogP contribution in [0.1, 0.15) is 26.3 Å². The van der Waals surface area contributed by atoms with Gasteiger partial charge >= 0.3 is 0 Å². The number of phenolic OH excluding ortho intramolecular Hbond substituents is 1. The Bertz CT molecular complexity index is 451. The normalized spacial score (nSPS) is 11.0. The van der Waals surface area contributed by atoms with Crippen LogP contribution in [0.15, 0.2) is 23.2 Å². The fourth-order valence-electron chi connectivity index (χ4n) is 1.65. The van der Waals surface area contributed by atoms with E-state index in [1.165, 1.54) is 7.11 Å². The Morgan fingerprint density at radius 1 is 1.33 bits per heavy atom. The molecule has 0 aliphatic rings. The van der Waals surface area contributed by atoms with Crippen LogP contribution in [-0.4, -0.2) is 31.3 Å². The summed E-state index contributed by atoms with van der Waals surface area (Å²) in [6.07, 6.45) is 0. The van der Waals surface area contributed by atoms with E-state index in [2.05, 4.69) is 29.5 Å². The molecular formula is C15H26IN3O2. The third-order valence-corrected chi connectivity index (χ3v) is 2.68. The zero-order chi connectivity index (χ0) is 15.0. The Morgan fingerprint density at radius 3 is 2.57 bits per heavy atom. The Labute approximate surface area is 144 Å². The van der Waals surface area contributed by atoms with Crippen LogP contribution in [0.4, 0.5) is 0 Å². The number of hydrogen-bond acceptors (Lipinski definition) is 3. The molecule has 1 rings (SSSR count). The van der Waals surface area contributed by atoms with Crippen LogP contribution in [0.3, 0.4) is 0 Å². The number of hydrogen-bond donors (Lipinski definition) is 3. The van der Waals surface area contributed by atoms with E-state index in [1.54, 1.807) is 12.1 Å². The number of phenols is 1. The van der Waals surface area contributed by atoms with Crippen molar-refractivity contribution in [3.63, 3.8) is 0 Å². The highest BCUT2D eigenvalue weighted by atomic mass is 127. The van der Waals surface area contributed by atoms with Crippen molar-refractivity contribution in [2.75, 3.05) is 20.2 Å². The lowest BCUT2D eigenvalue weighted by atomic mass is 10.2. The van der Waals surface area contributed by atoms with E-state index in [0.717, 1.165) is 24.6 Å². The smallest absolute Gasteiger partial charge is 0.191 e. The minimum Gasteiger partial charge on any atom is -0.504 e. The van der Waals surface area contributed by atoms with Gasteiger partial charge in [-0.2, -0.15) is 0 Å². The number of methoxy groups -OCH3 is 1. The van der Waals surface area contributed by atoms with E-state index >= 15 is 0 Å². The maximum atomic E-state index is 9.73. The molecule has 5 nitrogen and oxygen atoms in total. The minimum absolute atomic E-state index is 0. The highest BCUT2D eigenvalue weighted by molar-refractivity contribution is 14.0. The van der Waals surface area contributed by atoms with E-state index in [0.29, 0.717) is 18.2 Å². The van der Waals surface area contributed by atoms with Crippen molar-refractivity contribution in [2.24, 2.45) is 10.9 Å². The predicted molar refractivity (Wildman–Crippen MR) is 97.7 cm³/mol. The van der Waals surface area contributed by atoms with Crippen molar-refractivity contribution in [3.8, 4) is 11.5 Å². The molecule has 1 aromatic carbocycles. The second-order valence-electron chi connectivity index (χ2n) is 4.98. The van der Waals surface area contributed by atoms with Gasteiger partial charge in [0.1, 0.15) is 0 Å². The molecule has 0 saturated carbocycles. The van der Waals surface area contributed by atoms with Crippen molar-refractivity contribution in [1.29, 1.82) is 0 Å². The molecule has 120 valence electrons. The van der Waals surface area contributed by atoms with Crippen molar-refractivity contribution in [3.05, 3.63) is 23.8 Å². The van der Waals surface area contributed by atoms with Crippen molar-refractivity contribution >= 4 is 29.9 Å². The quantitative estimate of drug-likeness (QED) is 0.386. The van der Waals surface area contributed by atoms with Crippen molar-refractivity contribution in [2.45, 2.75) is 27.3 Å². The maximum Gasteiger partial charge on any atom is 0.191 e. The number of rotatable bonds is 6. The molecule has 0 atom stereocenters. The fraction of sp³-hybridized carbons (Fsp3) is 0.533. The first-order valence-electron chi connectivity index (χ1n) is 6.94. The van der Waals surface area contributed by atoms with Crippen molar-refractivity contribution in [1.82, 2.24) is 10.6 Å². The zero-order valence-corrected chi connectivity index (χ0v) is 15.5.